The fourth-order valence-corrected chi connectivity index (χ4v) is 1.23. The number of hydrogen-bond donors (Lipinski definition) is 2. The highest BCUT2D eigenvalue weighted by atomic mass is 79.9. The van der Waals surface area contributed by atoms with Gasteiger partial charge in [0.2, 0.25) is 0 Å². The van der Waals surface area contributed by atoms with E-state index >= 15 is 0 Å². The van der Waals surface area contributed by atoms with Crippen LogP contribution in [0.4, 0.5) is 14.9 Å². The Hall–Kier alpha value is -1.10. The van der Waals surface area contributed by atoms with Crippen molar-refractivity contribution in [2.45, 2.75) is 13.3 Å². The van der Waals surface area contributed by atoms with Gasteiger partial charge in [-0.1, -0.05) is 6.92 Å². The van der Waals surface area contributed by atoms with Crippen molar-refractivity contribution in [3.63, 3.8) is 0 Å². The van der Waals surface area contributed by atoms with Crippen molar-refractivity contribution in [1.82, 2.24) is 5.32 Å². The first kappa shape index (κ1) is 12.0. The van der Waals surface area contributed by atoms with Crippen molar-refractivity contribution >= 4 is 27.6 Å². The van der Waals surface area contributed by atoms with Gasteiger partial charge in [-0.2, -0.15) is 0 Å². The molecule has 0 spiro atoms. The monoisotopic (exact) mass is 274 g/mol. The molecular formula is C10H12BrFN2O. The average Bonchev–Trinajstić information content (AvgIpc) is 2.20. The predicted octanol–water partition coefficient (Wildman–Crippen LogP) is 3.12. The first-order chi connectivity index (χ1) is 7.13. The van der Waals surface area contributed by atoms with E-state index in [9.17, 15) is 9.18 Å². The standard InChI is InChI=1S/C10H12BrFN2O/c1-2-5-13-10(15)14-7-3-4-8(11)9(12)6-7/h3-4,6H,2,5H2,1H3,(H2,13,14,15). The summed E-state index contributed by atoms with van der Waals surface area (Å²) in [6.45, 7) is 2.56. The van der Waals surface area contributed by atoms with Crippen LogP contribution in [-0.2, 0) is 0 Å². The van der Waals surface area contributed by atoms with Gasteiger partial charge in [0, 0.05) is 12.2 Å². The molecule has 0 heterocycles. The van der Waals surface area contributed by atoms with Gasteiger partial charge < -0.3 is 10.6 Å². The Bertz CT molecular complexity index is 357. The number of benzene rings is 1. The van der Waals surface area contributed by atoms with Crippen LogP contribution in [0.2, 0.25) is 0 Å². The molecule has 0 aliphatic rings. The summed E-state index contributed by atoms with van der Waals surface area (Å²) in [7, 11) is 0. The molecule has 3 nitrogen and oxygen atoms in total. The van der Waals surface area contributed by atoms with Crippen molar-refractivity contribution < 1.29 is 9.18 Å². The molecule has 0 bridgehead atoms. The molecule has 0 unspecified atom stereocenters. The second kappa shape index (κ2) is 5.70. The minimum atomic E-state index is -0.400. The maximum absolute atomic E-state index is 13.1. The van der Waals surface area contributed by atoms with Gasteiger partial charge in [0.25, 0.3) is 0 Å². The van der Waals surface area contributed by atoms with Crippen molar-refractivity contribution in [3.05, 3.63) is 28.5 Å². The lowest BCUT2D eigenvalue weighted by Gasteiger charge is -2.06. The number of carbonyl (C=O) groups excluding carboxylic acids is 1. The molecule has 2 amide bonds. The Labute approximate surface area is 96.2 Å². The maximum Gasteiger partial charge on any atom is 0.319 e. The van der Waals surface area contributed by atoms with E-state index in [0.717, 1.165) is 6.42 Å². The number of urea groups is 1. The molecule has 5 heteroatoms. The lowest BCUT2D eigenvalue weighted by Crippen LogP contribution is -2.29. The molecule has 1 aromatic rings. The van der Waals surface area contributed by atoms with Crippen LogP contribution in [0.15, 0.2) is 22.7 Å². The lowest BCUT2D eigenvalue weighted by molar-refractivity contribution is 0.252. The van der Waals surface area contributed by atoms with E-state index in [1.807, 2.05) is 6.92 Å². The second-order valence-corrected chi connectivity index (χ2v) is 3.86. The molecule has 1 rings (SSSR count). The third-order valence-electron chi connectivity index (χ3n) is 1.71. The number of hydrogen-bond acceptors (Lipinski definition) is 1. The Morgan fingerprint density at radius 2 is 2.27 bits per heavy atom. The first-order valence-electron chi connectivity index (χ1n) is 4.63. The zero-order valence-electron chi connectivity index (χ0n) is 8.31. The minimum Gasteiger partial charge on any atom is -0.338 e. The van der Waals surface area contributed by atoms with E-state index in [0.29, 0.717) is 16.7 Å². The largest absolute Gasteiger partial charge is 0.338 e. The molecule has 82 valence electrons. The molecule has 0 atom stereocenters. The first-order valence-corrected chi connectivity index (χ1v) is 5.42. The highest BCUT2D eigenvalue weighted by molar-refractivity contribution is 9.10. The van der Waals surface area contributed by atoms with Gasteiger partial charge in [-0.25, -0.2) is 9.18 Å². The van der Waals surface area contributed by atoms with E-state index in [1.54, 1.807) is 12.1 Å². The summed E-state index contributed by atoms with van der Waals surface area (Å²) < 4.78 is 13.4. The predicted molar refractivity (Wildman–Crippen MR) is 61.4 cm³/mol. The number of carbonyl (C=O) groups is 1. The van der Waals surface area contributed by atoms with Crippen LogP contribution in [-0.4, -0.2) is 12.6 Å². The van der Waals surface area contributed by atoms with Crippen LogP contribution in [0.25, 0.3) is 0 Å². The minimum absolute atomic E-state index is 0.321. The van der Waals surface area contributed by atoms with Crippen LogP contribution in [0.3, 0.4) is 0 Å². The van der Waals surface area contributed by atoms with Gasteiger partial charge in [-0.05, 0) is 40.5 Å². The van der Waals surface area contributed by atoms with E-state index in [2.05, 4.69) is 26.6 Å². The number of anilines is 1. The Balaban J connectivity index is 2.57. The normalized spacial score (nSPS) is 9.80. The fraction of sp³-hybridized carbons (Fsp3) is 0.300. The fourth-order valence-electron chi connectivity index (χ4n) is 0.988. The number of amides is 2. The summed E-state index contributed by atoms with van der Waals surface area (Å²) in [5.41, 5.74) is 0.435. The van der Waals surface area contributed by atoms with Crippen LogP contribution in [0, 0.1) is 5.82 Å². The molecule has 1 aromatic carbocycles. The zero-order chi connectivity index (χ0) is 11.3. The highest BCUT2D eigenvalue weighted by Gasteiger charge is 2.03. The Morgan fingerprint density at radius 3 is 2.87 bits per heavy atom. The summed E-state index contributed by atoms with van der Waals surface area (Å²) in [5.74, 6) is -0.400. The van der Waals surface area contributed by atoms with Crippen LogP contribution in [0.1, 0.15) is 13.3 Å². The summed E-state index contributed by atoms with van der Waals surface area (Å²) in [4.78, 5) is 11.2. The molecule has 0 radical (unpaired) electrons. The molecule has 0 fully saturated rings. The second-order valence-electron chi connectivity index (χ2n) is 3.01. The molecule has 15 heavy (non-hydrogen) atoms. The van der Waals surface area contributed by atoms with Crippen LogP contribution >= 0.6 is 15.9 Å². The van der Waals surface area contributed by atoms with Crippen molar-refractivity contribution in [2.24, 2.45) is 0 Å². The van der Waals surface area contributed by atoms with E-state index in [1.165, 1.54) is 6.07 Å². The summed E-state index contributed by atoms with van der Waals surface area (Å²) in [5, 5.41) is 5.16. The topological polar surface area (TPSA) is 41.1 Å². The lowest BCUT2D eigenvalue weighted by atomic mass is 10.3. The van der Waals surface area contributed by atoms with Crippen molar-refractivity contribution in [2.75, 3.05) is 11.9 Å². The molecule has 2 N–H and O–H groups in total. The Kier molecular flexibility index (Phi) is 4.55. The van der Waals surface area contributed by atoms with Gasteiger partial charge in [0.1, 0.15) is 5.82 Å². The van der Waals surface area contributed by atoms with E-state index in [-0.39, 0.29) is 6.03 Å². The van der Waals surface area contributed by atoms with Gasteiger partial charge in [-0.3, -0.25) is 0 Å². The average molecular weight is 275 g/mol. The van der Waals surface area contributed by atoms with Gasteiger partial charge in [0.15, 0.2) is 0 Å². The zero-order valence-corrected chi connectivity index (χ0v) is 9.90. The summed E-state index contributed by atoms with van der Waals surface area (Å²) in [6.07, 6.45) is 0.863. The SMILES string of the molecule is CCCNC(=O)Nc1ccc(Br)c(F)c1. The van der Waals surface area contributed by atoms with E-state index < -0.39 is 5.82 Å². The van der Waals surface area contributed by atoms with Gasteiger partial charge >= 0.3 is 6.03 Å². The summed E-state index contributed by atoms with van der Waals surface area (Å²) in [6, 6.07) is 4.11. The molecule has 0 aliphatic carbocycles. The molecule has 0 aliphatic heterocycles. The Morgan fingerprint density at radius 1 is 1.53 bits per heavy atom. The molecular weight excluding hydrogens is 263 g/mol. The molecule has 0 aromatic heterocycles. The van der Waals surface area contributed by atoms with Crippen molar-refractivity contribution in [3.8, 4) is 0 Å². The quantitative estimate of drug-likeness (QED) is 0.874. The number of nitrogens with one attached hydrogen (secondary N) is 2. The highest BCUT2D eigenvalue weighted by Crippen LogP contribution is 2.19. The number of rotatable bonds is 3. The van der Waals surface area contributed by atoms with Crippen molar-refractivity contribution in [1.29, 1.82) is 0 Å². The molecule has 0 saturated carbocycles. The third kappa shape index (κ3) is 3.87. The van der Waals surface area contributed by atoms with Gasteiger partial charge in [-0.15, -0.1) is 0 Å². The van der Waals surface area contributed by atoms with E-state index in [4.69, 9.17) is 0 Å². The molecule has 0 saturated heterocycles. The van der Waals surface area contributed by atoms with Crippen LogP contribution < -0.4 is 10.6 Å². The maximum atomic E-state index is 13.1. The van der Waals surface area contributed by atoms with Crippen LogP contribution in [0.5, 0.6) is 0 Å². The van der Waals surface area contributed by atoms with Gasteiger partial charge in [0.05, 0.1) is 4.47 Å². The summed E-state index contributed by atoms with van der Waals surface area (Å²) >= 11 is 3.03. The third-order valence-corrected chi connectivity index (χ3v) is 2.36. The number of halogens is 2. The smallest absolute Gasteiger partial charge is 0.319 e.